The maximum absolute atomic E-state index is 11.3. The van der Waals surface area contributed by atoms with Crippen molar-refractivity contribution in [3.63, 3.8) is 0 Å². The number of nitrogens with zero attached hydrogens (tertiary/aromatic N) is 2. The number of rotatable bonds is 5. The molecule has 3 aromatic rings. The number of para-hydroxylation sites is 1. The molecule has 4 heteroatoms. The quantitative estimate of drug-likeness (QED) is 0.710. The van der Waals surface area contributed by atoms with Gasteiger partial charge < -0.3 is 10.3 Å². The number of carbonyl (C=O) groups excluding carboxylic acids is 1. The number of nitrogens with two attached hydrogens (primary N) is 1. The van der Waals surface area contributed by atoms with Gasteiger partial charge in [-0.15, -0.1) is 0 Å². The average Bonchev–Trinajstić information content (AvgIpc) is 2.91. The van der Waals surface area contributed by atoms with Gasteiger partial charge in [0.15, 0.2) is 0 Å². The molecule has 1 amide bonds. The van der Waals surface area contributed by atoms with Gasteiger partial charge in [0.25, 0.3) is 0 Å². The highest BCUT2D eigenvalue weighted by molar-refractivity contribution is 6.00. The van der Waals surface area contributed by atoms with Crippen LogP contribution in [-0.2, 0) is 11.3 Å². The minimum absolute atomic E-state index is 0.164. The monoisotopic (exact) mass is 319 g/mol. The van der Waals surface area contributed by atoms with E-state index in [2.05, 4.69) is 31.0 Å². The maximum atomic E-state index is 11.3. The molecule has 1 heterocycles. The molecule has 0 saturated carbocycles. The Balaban J connectivity index is 1.93. The predicted octanol–water partition coefficient (Wildman–Crippen LogP) is 4.00. The Hall–Kier alpha value is -2.88. The van der Waals surface area contributed by atoms with E-state index in [1.807, 2.05) is 53.4 Å². The summed E-state index contributed by atoms with van der Waals surface area (Å²) >= 11 is 0. The second kappa shape index (κ2) is 6.71. The van der Waals surface area contributed by atoms with E-state index in [-0.39, 0.29) is 12.5 Å². The van der Waals surface area contributed by atoms with E-state index in [9.17, 15) is 4.79 Å². The van der Waals surface area contributed by atoms with Gasteiger partial charge in [0.2, 0.25) is 5.91 Å². The summed E-state index contributed by atoms with van der Waals surface area (Å²) in [6, 6.07) is 16.2. The normalized spacial score (nSPS) is 11.6. The summed E-state index contributed by atoms with van der Waals surface area (Å²) in [5, 5.41) is 1.06. The Morgan fingerprint density at radius 3 is 2.54 bits per heavy atom. The highest BCUT2D eigenvalue weighted by Gasteiger charge is 2.08. The van der Waals surface area contributed by atoms with Crippen molar-refractivity contribution in [2.75, 3.05) is 0 Å². The Morgan fingerprint density at radius 2 is 1.88 bits per heavy atom. The van der Waals surface area contributed by atoms with Crippen molar-refractivity contribution in [1.29, 1.82) is 0 Å². The van der Waals surface area contributed by atoms with Gasteiger partial charge in [-0.2, -0.15) is 0 Å². The number of hydrogen-bond acceptors (Lipinski definition) is 2. The van der Waals surface area contributed by atoms with Crippen LogP contribution in [0.15, 0.2) is 59.7 Å². The summed E-state index contributed by atoms with van der Waals surface area (Å²) in [7, 11) is 0. The molecule has 3 rings (SSSR count). The van der Waals surface area contributed by atoms with Crippen LogP contribution in [0.1, 0.15) is 30.9 Å². The van der Waals surface area contributed by atoms with Crippen molar-refractivity contribution < 1.29 is 4.79 Å². The number of aromatic nitrogens is 1. The number of amides is 1. The van der Waals surface area contributed by atoms with Gasteiger partial charge in [0, 0.05) is 28.9 Å². The summed E-state index contributed by atoms with van der Waals surface area (Å²) < 4.78 is 1.86. The first kappa shape index (κ1) is 16.0. The lowest BCUT2D eigenvalue weighted by molar-refractivity contribution is -0.118. The molecule has 0 aliphatic carbocycles. The van der Waals surface area contributed by atoms with Crippen LogP contribution in [0.4, 0.5) is 5.69 Å². The zero-order chi connectivity index (χ0) is 17.1. The van der Waals surface area contributed by atoms with Crippen LogP contribution in [0.2, 0.25) is 0 Å². The van der Waals surface area contributed by atoms with Crippen LogP contribution in [-0.4, -0.2) is 16.7 Å². The minimum Gasteiger partial charge on any atom is -0.368 e. The molecular formula is C20H21N3O. The number of aliphatic imine (C=N–C) groups is 1. The van der Waals surface area contributed by atoms with Crippen molar-refractivity contribution in [3.8, 4) is 0 Å². The molecule has 0 aliphatic heterocycles. The van der Waals surface area contributed by atoms with Gasteiger partial charge in [-0.05, 0) is 29.7 Å². The fourth-order valence-electron chi connectivity index (χ4n) is 2.77. The molecule has 2 aromatic carbocycles. The van der Waals surface area contributed by atoms with Crippen LogP contribution >= 0.6 is 0 Å². The highest BCUT2D eigenvalue weighted by atomic mass is 16.1. The molecule has 0 spiro atoms. The third-order valence-corrected chi connectivity index (χ3v) is 4.06. The van der Waals surface area contributed by atoms with Gasteiger partial charge in [-0.3, -0.25) is 9.79 Å². The highest BCUT2D eigenvalue weighted by Crippen LogP contribution is 2.22. The molecule has 0 bridgehead atoms. The molecular weight excluding hydrogens is 298 g/mol. The van der Waals surface area contributed by atoms with E-state index in [1.54, 1.807) is 0 Å². The van der Waals surface area contributed by atoms with E-state index in [0.29, 0.717) is 5.92 Å². The van der Waals surface area contributed by atoms with Gasteiger partial charge >= 0.3 is 0 Å². The first-order chi connectivity index (χ1) is 11.5. The summed E-state index contributed by atoms with van der Waals surface area (Å²) in [6.07, 6.45) is 3.76. The topological polar surface area (TPSA) is 60.4 Å². The Bertz CT molecular complexity index is 889. The number of primary amides is 1. The summed E-state index contributed by atoms with van der Waals surface area (Å²) in [6.45, 7) is 4.51. The zero-order valence-corrected chi connectivity index (χ0v) is 13.9. The van der Waals surface area contributed by atoms with Crippen LogP contribution in [0, 0.1) is 0 Å². The van der Waals surface area contributed by atoms with Gasteiger partial charge in [-0.1, -0.05) is 44.2 Å². The van der Waals surface area contributed by atoms with Gasteiger partial charge in [-0.25, -0.2) is 0 Å². The Labute approximate surface area is 141 Å². The third-order valence-electron chi connectivity index (χ3n) is 4.06. The fraction of sp³-hybridized carbons (Fsp3) is 0.200. The molecule has 0 fully saturated rings. The number of hydrogen-bond donors (Lipinski definition) is 1. The van der Waals surface area contributed by atoms with Crippen molar-refractivity contribution in [3.05, 3.63) is 65.9 Å². The van der Waals surface area contributed by atoms with E-state index >= 15 is 0 Å². The number of fused-ring (bicyclic) bond motifs is 1. The maximum Gasteiger partial charge on any atom is 0.237 e. The smallest absolute Gasteiger partial charge is 0.237 e. The van der Waals surface area contributed by atoms with E-state index in [1.165, 1.54) is 5.56 Å². The lowest BCUT2D eigenvalue weighted by Gasteiger charge is -2.04. The summed E-state index contributed by atoms with van der Waals surface area (Å²) in [4.78, 5) is 15.8. The Morgan fingerprint density at radius 1 is 1.17 bits per heavy atom. The lowest BCUT2D eigenvalue weighted by atomic mass is 10.0. The van der Waals surface area contributed by atoms with Crippen LogP contribution < -0.4 is 5.73 Å². The minimum atomic E-state index is -0.358. The van der Waals surface area contributed by atoms with Gasteiger partial charge in [0.05, 0.1) is 5.69 Å². The molecule has 0 radical (unpaired) electrons. The molecule has 122 valence electrons. The Kier molecular flexibility index (Phi) is 4.47. The van der Waals surface area contributed by atoms with E-state index < -0.39 is 0 Å². The molecule has 2 N–H and O–H groups in total. The van der Waals surface area contributed by atoms with Crippen LogP contribution in [0.25, 0.3) is 10.9 Å². The van der Waals surface area contributed by atoms with E-state index in [4.69, 9.17) is 5.73 Å². The van der Waals surface area contributed by atoms with Gasteiger partial charge in [0.1, 0.15) is 6.54 Å². The number of carbonyl (C=O) groups is 1. The summed E-state index contributed by atoms with van der Waals surface area (Å²) in [5.41, 5.74) is 9.49. The van der Waals surface area contributed by atoms with Crippen molar-refractivity contribution in [2.24, 2.45) is 10.7 Å². The van der Waals surface area contributed by atoms with Crippen molar-refractivity contribution >= 4 is 28.7 Å². The zero-order valence-electron chi connectivity index (χ0n) is 13.9. The molecule has 4 nitrogen and oxygen atoms in total. The van der Waals surface area contributed by atoms with Crippen molar-refractivity contribution in [2.45, 2.75) is 26.3 Å². The molecule has 1 aromatic heterocycles. The summed E-state index contributed by atoms with van der Waals surface area (Å²) in [5.74, 6) is 0.151. The largest absolute Gasteiger partial charge is 0.368 e. The van der Waals surface area contributed by atoms with E-state index in [0.717, 1.165) is 22.2 Å². The lowest BCUT2D eigenvalue weighted by Crippen LogP contribution is -2.17. The fourth-order valence-corrected chi connectivity index (χ4v) is 2.77. The average molecular weight is 319 g/mol. The molecule has 0 unspecified atom stereocenters. The predicted molar refractivity (Wildman–Crippen MR) is 98.9 cm³/mol. The van der Waals surface area contributed by atoms with Crippen LogP contribution in [0.5, 0.6) is 0 Å². The molecule has 0 aliphatic rings. The first-order valence-electron chi connectivity index (χ1n) is 8.05. The molecule has 0 atom stereocenters. The SMILES string of the molecule is CC(C)c1ccc(N=Cc2cn(CC(N)=O)c3ccccc23)cc1. The standard InChI is InChI=1S/C20H21N3O/c1-14(2)15-7-9-17(10-8-15)22-11-16-12-23(13-20(21)24)19-6-4-3-5-18(16)19/h3-12,14H,13H2,1-2H3,(H2,21,24). The van der Waals surface area contributed by atoms with Crippen molar-refractivity contribution in [1.82, 2.24) is 4.57 Å². The third kappa shape index (κ3) is 3.38. The first-order valence-corrected chi connectivity index (χ1v) is 8.05. The second-order valence-electron chi connectivity index (χ2n) is 6.20. The molecule has 24 heavy (non-hydrogen) atoms. The van der Waals surface area contributed by atoms with Crippen LogP contribution in [0.3, 0.4) is 0 Å². The molecule has 0 saturated heterocycles. The second-order valence-corrected chi connectivity index (χ2v) is 6.20. The number of benzene rings is 2.